The normalized spacial score (nSPS) is 11.3. The molecule has 6 N–H and O–H groups in total. The summed E-state index contributed by atoms with van der Waals surface area (Å²) in [6.45, 7) is 0. The first kappa shape index (κ1) is 12.9. The van der Waals surface area contributed by atoms with E-state index in [0.717, 1.165) is 0 Å². The first-order valence-electron chi connectivity index (χ1n) is 3.98. The molecule has 0 saturated heterocycles. The maximum Gasteiger partial charge on any atom is 0.223 e. The van der Waals surface area contributed by atoms with Gasteiger partial charge in [-0.3, -0.25) is 0 Å². The van der Waals surface area contributed by atoms with Gasteiger partial charge in [-0.15, -0.1) is 0 Å². The summed E-state index contributed by atoms with van der Waals surface area (Å²) in [5.41, 5.74) is 16.0. The summed E-state index contributed by atoms with van der Waals surface area (Å²) in [5.74, 6) is -0.322. The van der Waals surface area contributed by atoms with Crippen LogP contribution >= 0.6 is 34.8 Å². The van der Waals surface area contributed by atoms with Gasteiger partial charge in [-0.1, -0.05) is 34.8 Å². The molecule has 16 heavy (non-hydrogen) atoms. The predicted octanol–water partition coefficient (Wildman–Crippen LogP) is 1.87. The maximum atomic E-state index is 5.87. The molecule has 1 aromatic carbocycles. The van der Waals surface area contributed by atoms with Crippen LogP contribution in [-0.4, -0.2) is 11.9 Å². The second-order valence-corrected chi connectivity index (χ2v) is 3.95. The van der Waals surface area contributed by atoms with Crippen molar-refractivity contribution < 1.29 is 0 Å². The predicted molar refractivity (Wildman–Crippen MR) is 68.6 cm³/mol. The number of hydrogen-bond donors (Lipinski definition) is 3. The lowest BCUT2D eigenvalue weighted by Gasteiger charge is -2.01. The lowest BCUT2D eigenvalue weighted by molar-refractivity contribution is 1.38. The molecule has 0 fully saturated rings. The number of guanidine groups is 2. The molecule has 0 bridgehead atoms. The topological polar surface area (TPSA) is 103 Å². The van der Waals surface area contributed by atoms with Gasteiger partial charge in [0, 0.05) is 0 Å². The molecule has 0 amide bonds. The largest absolute Gasteiger partial charge is 0.370 e. The van der Waals surface area contributed by atoms with Gasteiger partial charge >= 0.3 is 0 Å². The minimum atomic E-state index is -0.197. The Balaban J connectivity index is 3.15. The number of halogens is 3. The molecule has 0 aliphatic rings. The van der Waals surface area contributed by atoms with E-state index in [2.05, 4.69) is 9.98 Å². The molecule has 5 nitrogen and oxygen atoms in total. The minimum absolute atomic E-state index is 0.125. The molecular formula is C8H8Cl3N5. The number of aliphatic imine (C=N–C) groups is 2. The summed E-state index contributed by atoms with van der Waals surface area (Å²) >= 11 is 17.4. The van der Waals surface area contributed by atoms with E-state index >= 15 is 0 Å². The third-order valence-corrected chi connectivity index (χ3v) is 2.49. The highest BCUT2D eigenvalue weighted by Crippen LogP contribution is 2.33. The molecule has 0 radical (unpaired) electrons. The van der Waals surface area contributed by atoms with Crippen molar-refractivity contribution in [1.82, 2.24) is 0 Å². The van der Waals surface area contributed by atoms with E-state index < -0.39 is 0 Å². The van der Waals surface area contributed by atoms with Crippen LogP contribution in [0.5, 0.6) is 0 Å². The summed E-state index contributed by atoms with van der Waals surface area (Å²) in [5, 5.41) is 0.927. The van der Waals surface area contributed by atoms with Gasteiger partial charge in [0.2, 0.25) is 5.96 Å². The van der Waals surface area contributed by atoms with E-state index in [1.165, 1.54) is 12.1 Å². The zero-order chi connectivity index (χ0) is 12.3. The van der Waals surface area contributed by atoms with Crippen LogP contribution in [-0.2, 0) is 0 Å². The van der Waals surface area contributed by atoms with Crippen molar-refractivity contribution in [3.63, 3.8) is 0 Å². The fraction of sp³-hybridized carbons (Fsp3) is 0. The van der Waals surface area contributed by atoms with Crippen LogP contribution in [0.25, 0.3) is 0 Å². The zero-order valence-corrected chi connectivity index (χ0v) is 10.2. The molecular weight excluding hydrogens is 272 g/mol. The van der Waals surface area contributed by atoms with Crippen LogP contribution in [0.15, 0.2) is 22.1 Å². The molecule has 0 aliphatic heterocycles. The molecule has 86 valence electrons. The highest BCUT2D eigenvalue weighted by molar-refractivity contribution is 6.44. The van der Waals surface area contributed by atoms with Crippen LogP contribution in [0, 0.1) is 0 Å². The molecule has 0 atom stereocenters. The third-order valence-electron chi connectivity index (χ3n) is 1.47. The van der Waals surface area contributed by atoms with Crippen molar-refractivity contribution in [3.8, 4) is 0 Å². The molecule has 0 unspecified atom stereocenters. The number of nitrogens with two attached hydrogens (primary N) is 3. The number of nitrogens with zero attached hydrogens (tertiary/aromatic N) is 2. The Kier molecular flexibility index (Phi) is 4.23. The van der Waals surface area contributed by atoms with E-state index in [0.29, 0.717) is 20.8 Å². The van der Waals surface area contributed by atoms with Gasteiger partial charge < -0.3 is 17.2 Å². The average Bonchev–Trinajstić information content (AvgIpc) is 2.12. The number of rotatable bonds is 1. The van der Waals surface area contributed by atoms with Gasteiger partial charge in [0.25, 0.3) is 0 Å². The first-order chi connectivity index (χ1) is 7.40. The maximum absolute atomic E-state index is 5.87. The van der Waals surface area contributed by atoms with Gasteiger partial charge in [0.05, 0.1) is 20.8 Å². The van der Waals surface area contributed by atoms with Crippen molar-refractivity contribution in [1.29, 1.82) is 0 Å². The van der Waals surface area contributed by atoms with Crippen molar-refractivity contribution >= 4 is 52.4 Å². The number of hydrogen-bond acceptors (Lipinski definition) is 1. The summed E-state index contributed by atoms with van der Waals surface area (Å²) in [7, 11) is 0. The monoisotopic (exact) mass is 279 g/mol. The quantitative estimate of drug-likeness (QED) is 0.415. The second kappa shape index (κ2) is 5.25. The molecule has 1 rings (SSSR count). The molecule has 0 aromatic heterocycles. The number of benzene rings is 1. The van der Waals surface area contributed by atoms with E-state index in [-0.39, 0.29) is 11.9 Å². The summed E-state index contributed by atoms with van der Waals surface area (Å²) < 4.78 is 0. The van der Waals surface area contributed by atoms with E-state index in [9.17, 15) is 0 Å². The first-order valence-corrected chi connectivity index (χ1v) is 5.12. The Morgan fingerprint density at radius 3 is 2.06 bits per heavy atom. The summed E-state index contributed by atoms with van der Waals surface area (Å²) in [4.78, 5) is 7.40. The van der Waals surface area contributed by atoms with Gasteiger partial charge in [0.1, 0.15) is 0 Å². The lowest BCUT2D eigenvalue weighted by Crippen LogP contribution is -2.26. The molecule has 0 aliphatic carbocycles. The zero-order valence-electron chi connectivity index (χ0n) is 7.92. The molecule has 1 aromatic rings. The third kappa shape index (κ3) is 3.44. The van der Waals surface area contributed by atoms with Crippen LogP contribution in [0.3, 0.4) is 0 Å². The Labute approximate surface area is 107 Å². The van der Waals surface area contributed by atoms with Gasteiger partial charge in [0.15, 0.2) is 5.96 Å². The van der Waals surface area contributed by atoms with Crippen LogP contribution in [0.4, 0.5) is 5.69 Å². The van der Waals surface area contributed by atoms with Crippen LogP contribution in [0.2, 0.25) is 15.1 Å². The Morgan fingerprint density at radius 1 is 0.938 bits per heavy atom. The molecule has 0 saturated carbocycles. The van der Waals surface area contributed by atoms with Crippen molar-refractivity contribution in [3.05, 3.63) is 27.2 Å². The summed E-state index contributed by atoms with van der Waals surface area (Å²) in [6, 6.07) is 2.91. The van der Waals surface area contributed by atoms with E-state index in [4.69, 9.17) is 52.0 Å². The van der Waals surface area contributed by atoms with Crippen molar-refractivity contribution in [2.75, 3.05) is 0 Å². The van der Waals surface area contributed by atoms with Crippen molar-refractivity contribution in [2.45, 2.75) is 0 Å². The fourth-order valence-corrected chi connectivity index (χ4v) is 1.46. The minimum Gasteiger partial charge on any atom is -0.370 e. The molecule has 0 spiro atoms. The Hall–Kier alpha value is -1.17. The Bertz CT molecular complexity index is 465. The van der Waals surface area contributed by atoms with Gasteiger partial charge in [-0.2, -0.15) is 4.99 Å². The molecule has 8 heteroatoms. The van der Waals surface area contributed by atoms with Crippen LogP contribution in [0.1, 0.15) is 0 Å². The highest BCUT2D eigenvalue weighted by Gasteiger charge is 2.05. The lowest BCUT2D eigenvalue weighted by atomic mass is 10.3. The second-order valence-electron chi connectivity index (χ2n) is 2.72. The highest BCUT2D eigenvalue weighted by atomic mass is 35.5. The fourth-order valence-electron chi connectivity index (χ4n) is 0.878. The van der Waals surface area contributed by atoms with Gasteiger partial charge in [-0.05, 0) is 12.1 Å². The van der Waals surface area contributed by atoms with Gasteiger partial charge in [-0.25, -0.2) is 4.99 Å². The summed E-state index contributed by atoms with van der Waals surface area (Å²) in [6.07, 6.45) is 0. The van der Waals surface area contributed by atoms with Crippen molar-refractivity contribution in [2.24, 2.45) is 27.2 Å². The Morgan fingerprint density at radius 2 is 1.50 bits per heavy atom. The van der Waals surface area contributed by atoms with E-state index in [1.54, 1.807) is 0 Å². The SMILES string of the molecule is NC(N)=NC(N)=Nc1cc(Cl)c(Cl)cc1Cl. The standard InChI is InChI=1S/C8H8Cl3N5/c9-3-1-5(11)6(2-4(3)10)15-8(14)16-7(12)13/h1-2H,(H6,12,13,14,15,16). The molecule has 0 heterocycles. The van der Waals surface area contributed by atoms with Crippen LogP contribution < -0.4 is 17.2 Å². The smallest absolute Gasteiger partial charge is 0.223 e. The average molecular weight is 281 g/mol. The van der Waals surface area contributed by atoms with E-state index in [1.807, 2.05) is 0 Å².